The third kappa shape index (κ3) is 4.42. The molecular formula is C28H26N2O6. The molecule has 0 radical (unpaired) electrons. The number of carboxylic acids is 1. The lowest BCUT2D eigenvalue weighted by atomic mass is 9.71. The van der Waals surface area contributed by atoms with Gasteiger partial charge in [0.05, 0.1) is 10.8 Å². The van der Waals surface area contributed by atoms with Crippen LogP contribution in [0.3, 0.4) is 0 Å². The summed E-state index contributed by atoms with van der Waals surface area (Å²) in [6.07, 6.45) is 1.44. The number of non-ortho nitro benzene ring substituents is 1. The topological polar surface area (TPSA) is 110 Å². The van der Waals surface area contributed by atoms with Gasteiger partial charge in [0.1, 0.15) is 17.9 Å². The molecule has 8 nitrogen and oxygen atoms in total. The Kier molecular flexibility index (Phi) is 6.41. The molecule has 8 heteroatoms. The molecule has 3 aliphatic rings. The molecule has 3 aromatic carbocycles. The second kappa shape index (κ2) is 9.81. The predicted molar refractivity (Wildman–Crippen MR) is 132 cm³/mol. The van der Waals surface area contributed by atoms with Gasteiger partial charge in [0, 0.05) is 30.5 Å². The molecule has 4 atom stereocenters. The summed E-state index contributed by atoms with van der Waals surface area (Å²) in [4.78, 5) is 38.7. The molecule has 3 fully saturated rings. The van der Waals surface area contributed by atoms with E-state index in [0.29, 0.717) is 25.0 Å². The predicted octanol–water partition coefficient (Wildman–Crippen LogP) is 4.64. The van der Waals surface area contributed by atoms with Crippen molar-refractivity contribution in [2.45, 2.75) is 43.4 Å². The van der Waals surface area contributed by atoms with Gasteiger partial charge in [-0.2, -0.15) is 0 Å². The smallest absolute Gasteiger partial charge is 0.326 e. The van der Waals surface area contributed by atoms with Gasteiger partial charge in [-0.1, -0.05) is 60.7 Å². The molecule has 1 N–H and O–H groups in total. The summed E-state index contributed by atoms with van der Waals surface area (Å²) < 4.78 is 6.14. The zero-order valence-electron chi connectivity index (χ0n) is 19.5. The average Bonchev–Trinajstić information content (AvgIpc) is 2.90. The third-order valence-electron chi connectivity index (χ3n) is 7.27. The largest absolute Gasteiger partial charge is 0.490 e. The molecule has 2 saturated heterocycles. The highest BCUT2D eigenvalue weighted by Gasteiger charge is 2.54. The molecule has 3 aromatic rings. The molecule has 1 saturated carbocycles. The van der Waals surface area contributed by atoms with Crippen LogP contribution in [0.5, 0.6) is 5.75 Å². The molecule has 0 spiro atoms. The zero-order valence-corrected chi connectivity index (χ0v) is 19.5. The van der Waals surface area contributed by atoms with E-state index < -0.39 is 29.0 Å². The molecular weight excluding hydrogens is 460 g/mol. The fourth-order valence-electron chi connectivity index (χ4n) is 5.67. The van der Waals surface area contributed by atoms with Gasteiger partial charge in [-0.3, -0.25) is 14.9 Å². The molecule has 6 rings (SSSR count). The van der Waals surface area contributed by atoms with Crippen molar-refractivity contribution in [3.8, 4) is 5.75 Å². The van der Waals surface area contributed by atoms with Crippen molar-refractivity contribution in [2.75, 3.05) is 0 Å². The number of carboxylic acid groups (broad SMARTS) is 1. The Morgan fingerprint density at radius 3 is 2.03 bits per heavy atom. The number of nitro benzene ring substituents is 1. The van der Waals surface area contributed by atoms with Crippen LogP contribution in [0.4, 0.5) is 5.69 Å². The monoisotopic (exact) mass is 486 g/mol. The maximum absolute atomic E-state index is 14.1. The second-order valence-electron chi connectivity index (χ2n) is 9.32. The van der Waals surface area contributed by atoms with Crippen LogP contribution >= 0.6 is 0 Å². The van der Waals surface area contributed by atoms with Crippen LogP contribution in [0.2, 0.25) is 0 Å². The van der Waals surface area contributed by atoms with Gasteiger partial charge < -0.3 is 14.7 Å². The number of aliphatic carboxylic acids is 1. The van der Waals surface area contributed by atoms with Gasteiger partial charge in [0.2, 0.25) is 5.91 Å². The third-order valence-corrected chi connectivity index (χ3v) is 7.27. The normalized spacial score (nSPS) is 22.9. The molecule has 1 aliphatic carbocycles. The minimum Gasteiger partial charge on any atom is -0.490 e. The Hall–Kier alpha value is -4.20. The van der Waals surface area contributed by atoms with E-state index in [0.717, 1.165) is 11.1 Å². The van der Waals surface area contributed by atoms with Gasteiger partial charge in [-0.05, 0) is 36.1 Å². The lowest BCUT2D eigenvalue weighted by molar-refractivity contribution is -0.384. The van der Waals surface area contributed by atoms with Gasteiger partial charge >= 0.3 is 5.97 Å². The van der Waals surface area contributed by atoms with Crippen LogP contribution in [-0.2, 0) is 9.59 Å². The van der Waals surface area contributed by atoms with Crippen LogP contribution in [0, 0.1) is 16.0 Å². The van der Waals surface area contributed by atoms with Crippen molar-refractivity contribution in [1.29, 1.82) is 0 Å². The van der Waals surface area contributed by atoms with Crippen LogP contribution < -0.4 is 4.74 Å². The number of benzene rings is 3. The number of hydrogen-bond donors (Lipinski definition) is 1. The first-order valence-electron chi connectivity index (χ1n) is 12.0. The number of nitrogens with zero attached hydrogens (tertiary/aromatic N) is 2. The fraction of sp³-hybridized carbons (Fsp3) is 0.286. The van der Waals surface area contributed by atoms with Gasteiger partial charge in [0.25, 0.3) is 5.69 Å². The highest BCUT2D eigenvalue weighted by molar-refractivity contribution is 5.91. The lowest BCUT2D eigenvalue weighted by Gasteiger charge is -2.53. The number of fused-ring (bicyclic) bond motifs is 3. The molecule has 1 amide bonds. The maximum Gasteiger partial charge on any atom is 0.326 e. The van der Waals surface area contributed by atoms with Gasteiger partial charge in [-0.15, -0.1) is 0 Å². The van der Waals surface area contributed by atoms with Crippen LogP contribution in [0.25, 0.3) is 0 Å². The summed E-state index contributed by atoms with van der Waals surface area (Å²) in [5.74, 6) is -1.81. The van der Waals surface area contributed by atoms with Crippen molar-refractivity contribution >= 4 is 17.6 Å². The zero-order chi connectivity index (χ0) is 25.2. The lowest BCUT2D eigenvalue weighted by Crippen LogP contribution is -2.66. The first-order chi connectivity index (χ1) is 17.4. The van der Waals surface area contributed by atoms with Crippen molar-refractivity contribution in [3.05, 3.63) is 106 Å². The minimum absolute atomic E-state index is 0.0411. The number of rotatable bonds is 7. The Balaban J connectivity index is 1.44. The second-order valence-corrected chi connectivity index (χ2v) is 9.32. The molecule has 0 aromatic heterocycles. The van der Waals surface area contributed by atoms with E-state index in [1.807, 2.05) is 60.7 Å². The minimum atomic E-state index is -1.05. The van der Waals surface area contributed by atoms with Gasteiger partial charge in [0.15, 0.2) is 0 Å². The first-order valence-corrected chi connectivity index (χ1v) is 12.0. The molecule has 1 unspecified atom stereocenters. The SMILES string of the molecule is O=C(O)[C@H]1[C@@H]2CC[C@@H](CC2Oc2ccc([N+](=O)[O-])cc2)N1C(=O)C(c1ccccc1)c1ccccc1. The number of hydrogen-bond acceptors (Lipinski definition) is 5. The number of amides is 1. The van der Waals surface area contributed by atoms with Crippen molar-refractivity contribution in [3.63, 3.8) is 0 Å². The van der Waals surface area contributed by atoms with E-state index in [1.54, 1.807) is 4.90 Å². The van der Waals surface area contributed by atoms with Crippen LogP contribution in [-0.4, -0.2) is 45.0 Å². The number of carbonyl (C=O) groups is 2. The Morgan fingerprint density at radius 1 is 0.917 bits per heavy atom. The highest BCUT2D eigenvalue weighted by Crippen LogP contribution is 2.44. The summed E-state index contributed by atoms with van der Waals surface area (Å²) in [6.45, 7) is 0. The Morgan fingerprint density at radius 2 is 1.50 bits per heavy atom. The maximum atomic E-state index is 14.1. The van der Waals surface area contributed by atoms with Crippen LogP contribution in [0.1, 0.15) is 36.3 Å². The first kappa shape index (κ1) is 23.5. The van der Waals surface area contributed by atoms with E-state index in [-0.39, 0.29) is 23.6 Å². The summed E-state index contributed by atoms with van der Waals surface area (Å²) in [5, 5.41) is 21.2. The molecule has 36 heavy (non-hydrogen) atoms. The summed E-state index contributed by atoms with van der Waals surface area (Å²) >= 11 is 0. The van der Waals surface area contributed by atoms with Crippen molar-refractivity contribution in [1.82, 2.24) is 4.90 Å². The summed E-state index contributed by atoms with van der Waals surface area (Å²) in [5.41, 5.74) is 1.59. The van der Waals surface area contributed by atoms with Crippen molar-refractivity contribution in [2.24, 2.45) is 5.92 Å². The standard InChI is InChI=1S/C28H26N2O6/c31-27(25(18-7-3-1-4-8-18)19-9-5-2-6-10-19)29-21-13-16-23(26(29)28(32)33)24(17-21)36-22-14-11-20(12-15-22)30(34)35/h1-12,14-15,21,23-26H,13,16-17H2,(H,32,33)/t21-,23+,24?,26+/m0/s1. The van der Waals surface area contributed by atoms with Crippen LogP contribution in [0.15, 0.2) is 84.9 Å². The summed E-state index contributed by atoms with van der Waals surface area (Å²) in [6, 6.07) is 23.4. The molecule has 2 aliphatic heterocycles. The van der Waals surface area contributed by atoms with E-state index in [9.17, 15) is 24.8 Å². The van der Waals surface area contributed by atoms with E-state index in [2.05, 4.69) is 0 Å². The van der Waals surface area contributed by atoms with Gasteiger partial charge in [-0.25, -0.2) is 4.79 Å². The number of carbonyl (C=O) groups excluding carboxylic acids is 1. The van der Waals surface area contributed by atoms with E-state index in [4.69, 9.17) is 4.74 Å². The van der Waals surface area contributed by atoms with E-state index >= 15 is 0 Å². The molecule has 184 valence electrons. The Bertz CT molecular complexity index is 1210. The molecule has 2 bridgehead atoms. The van der Waals surface area contributed by atoms with Crippen molar-refractivity contribution < 1.29 is 24.4 Å². The number of piperidine rings is 2. The Labute approximate surface area is 208 Å². The number of ether oxygens (including phenoxy) is 1. The average molecular weight is 487 g/mol. The number of nitro groups is 1. The highest BCUT2D eigenvalue weighted by atomic mass is 16.6. The van der Waals surface area contributed by atoms with E-state index in [1.165, 1.54) is 24.3 Å². The molecule has 2 heterocycles. The quantitative estimate of drug-likeness (QED) is 0.385. The summed E-state index contributed by atoms with van der Waals surface area (Å²) in [7, 11) is 0. The fourth-order valence-corrected chi connectivity index (χ4v) is 5.67.